The molecule has 2 aromatic rings. The first-order chi connectivity index (χ1) is 7.24. The van der Waals surface area contributed by atoms with Crippen LogP contribution < -0.4 is 0 Å². The van der Waals surface area contributed by atoms with Crippen molar-refractivity contribution in [2.45, 2.75) is 6.42 Å². The molecule has 0 aliphatic carbocycles. The average Bonchev–Trinajstić information content (AvgIpc) is 2.22. The molecule has 0 amide bonds. The molecule has 0 bridgehead atoms. The van der Waals surface area contributed by atoms with Crippen molar-refractivity contribution in [3.8, 4) is 0 Å². The van der Waals surface area contributed by atoms with Crippen LogP contribution in [-0.2, 0) is 6.42 Å². The first-order valence-electron chi connectivity index (χ1n) is 4.44. The summed E-state index contributed by atoms with van der Waals surface area (Å²) in [5.41, 5.74) is 2.15. The number of hydrogen-bond donors (Lipinski definition) is 0. The van der Waals surface area contributed by atoms with Gasteiger partial charge < -0.3 is 0 Å². The van der Waals surface area contributed by atoms with Gasteiger partial charge in [0.15, 0.2) is 0 Å². The Kier molecular flexibility index (Phi) is 3.19. The predicted molar refractivity (Wildman–Crippen MR) is 61.3 cm³/mol. The van der Waals surface area contributed by atoms with E-state index in [1.165, 1.54) is 0 Å². The number of nitrogens with zero attached hydrogens (tertiary/aromatic N) is 2. The predicted octanol–water partition coefficient (Wildman–Crippen LogP) is 3.37. The third-order valence-corrected chi connectivity index (χ3v) is 2.39. The van der Waals surface area contributed by atoms with Crippen LogP contribution in [0.25, 0.3) is 0 Å². The van der Waals surface area contributed by atoms with E-state index in [-0.39, 0.29) is 0 Å². The minimum Gasteiger partial charge on any atom is -0.263 e. The van der Waals surface area contributed by atoms with Crippen LogP contribution in [0.4, 0.5) is 0 Å². The van der Waals surface area contributed by atoms with Crippen LogP contribution in [0.1, 0.15) is 11.1 Å². The molecule has 0 saturated heterocycles. The molecule has 4 heteroatoms. The molecular formula is C11H8Cl2N2. The van der Waals surface area contributed by atoms with Crippen molar-refractivity contribution in [3.05, 3.63) is 58.1 Å². The fourth-order valence-corrected chi connectivity index (χ4v) is 1.61. The maximum absolute atomic E-state index is 5.84. The van der Waals surface area contributed by atoms with Gasteiger partial charge in [0, 0.05) is 25.0 Å². The van der Waals surface area contributed by atoms with Crippen LogP contribution in [0.2, 0.25) is 10.2 Å². The Hall–Kier alpha value is -1.12. The van der Waals surface area contributed by atoms with Gasteiger partial charge in [-0.25, -0.2) is 4.98 Å². The van der Waals surface area contributed by atoms with Crippen molar-refractivity contribution >= 4 is 23.2 Å². The smallest absolute Gasteiger partial charge is 0.129 e. The third-order valence-electron chi connectivity index (χ3n) is 1.96. The van der Waals surface area contributed by atoms with E-state index in [4.69, 9.17) is 23.2 Å². The fourth-order valence-electron chi connectivity index (χ4n) is 1.30. The normalized spacial score (nSPS) is 10.3. The fraction of sp³-hybridized carbons (Fsp3) is 0.0909. The molecular weight excluding hydrogens is 231 g/mol. The second kappa shape index (κ2) is 4.60. The highest BCUT2D eigenvalue weighted by molar-refractivity contribution is 6.30. The van der Waals surface area contributed by atoms with Crippen molar-refractivity contribution in [3.63, 3.8) is 0 Å². The molecule has 0 radical (unpaired) electrons. The zero-order chi connectivity index (χ0) is 10.7. The highest BCUT2D eigenvalue weighted by atomic mass is 35.5. The minimum absolute atomic E-state index is 0.503. The molecule has 2 aromatic heterocycles. The molecule has 76 valence electrons. The van der Waals surface area contributed by atoms with Gasteiger partial charge in [-0.3, -0.25) is 4.98 Å². The standard InChI is InChI=1S/C11H8Cl2N2/c12-10-4-9(5-14-7-10)3-8-1-2-11(13)15-6-8/h1-2,4-7H,3H2. The van der Waals surface area contributed by atoms with E-state index in [1.54, 1.807) is 24.7 Å². The summed E-state index contributed by atoms with van der Waals surface area (Å²) in [5, 5.41) is 1.15. The Morgan fingerprint density at radius 2 is 1.87 bits per heavy atom. The van der Waals surface area contributed by atoms with Gasteiger partial charge in [0.25, 0.3) is 0 Å². The molecule has 0 unspecified atom stereocenters. The van der Waals surface area contributed by atoms with Crippen molar-refractivity contribution in [2.24, 2.45) is 0 Å². The molecule has 2 nitrogen and oxygen atoms in total. The largest absolute Gasteiger partial charge is 0.263 e. The second-order valence-corrected chi connectivity index (χ2v) is 4.00. The Morgan fingerprint density at radius 3 is 2.53 bits per heavy atom. The Bertz CT molecular complexity index is 454. The number of pyridine rings is 2. The summed E-state index contributed by atoms with van der Waals surface area (Å²) in [7, 11) is 0. The van der Waals surface area contributed by atoms with Crippen molar-refractivity contribution in [1.29, 1.82) is 0 Å². The molecule has 0 aliphatic rings. The van der Waals surface area contributed by atoms with Crippen LogP contribution in [0.15, 0.2) is 36.8 Å². The van der Waals surface area contributed by atoms with E-state index < -0.39 is 0 Å². The summed E-state index contributed by atoms with van der Waals surface area (Å²) in [6, 6.07) is 5.61. The number of hydrogen-bond acceptors (Lipinski definition) is 2. The molecule has 2 rings (SSSR count). The summed E-state index contributed by atoms with van der Waals surface area (Å²) < 4.78 is 0. The lowest BCUT2D eigenvalue weighted by atomic mass is 10.1. The summed E-state index contributed by atoms with van der Waals surface area (Å²) in [4.78, 5) is 8.03. The maximum atomic E-state index is 5.84. The summed E-state index contributed by atoms with van der Waals surface area (Å²) in [5.74, 6) is 0. The van der Waals surface area contributed by atoms with Crippen LogP contribution in [0.3, 0.4) is 0 Å². The van der Waals surface area contributed by atoms with Gasteiger partial charge in [0.2, 0.25) is 0 Å². The quantitative estimate of drug-likeness (QED) is 0.751. The highest BCUT2D eigenvalue weighted by Crippen LogP contribution is 2.13. The molecule has 0 saturated carbocycles. The van der Waals surface area contributed by atoms with Crippen LogP contribution in [0.5, 0.6) is 0 Å². The monoisotopic (exact) mass is 238 g/mol. The molecule has 0 aliphatic heterocycles. The average molecular weight is 239 g/mol. The molecule has 15 heavy (non-hydrogen) atoms. The Labute approximate surface area is 97.9 Å². The highest BCUT2D eigenvalue weighted by Gasteiger charge is 1.98. The zero-order valence-electron chi connectivity index (χ0n) is 7.82. The van der Waals surface area contributed by atoms with Crippen molar-refractivity contribution in [1.82, 2.24) is 9.97 Å². The molecule has 2 heterocycles. The van der Waals surface area contributed by atoms with E-state index in [0.29, 0.717) is 10.2 Å². The van der Waals surface area contributed by atoms with E-state index in [0.717, 1.165) is 17.5 Å². The molecule has 0 aromatic carbocycles. The number of halogens is 2. The number of rotatable bonds is 2. The molecule has 0 N–H and O–H groups in total. The van der Waals surface area contributed by atoms with E-state index >= 15 is 0 Å². The first kappa shape index (κ1) is 10.4. The lowest BCUT2D eigenvalue weighted by Gasteiger charge is -2.01. The lowest BCUT2D eigenvalue weighted by Crippen LogP contribution is -1.90. The first-order valence-corrected chi connectivity index (χ1v) is 5.19. The summed E-state index contributed by atoms with van der Waals surface area (Å²) >= 11 is 11.5. The summed E-state index contributed by atoms with van der Waals surface area (Å²) in [6.07, 6.45) is 5.92. The van der Waals surface area contributed by atoms with Gasteiger partial charge in [-0.2, -0.15) is 0 Å². The van der Waals surface area contributed by atoms with Gasteiger partial charge >= 0.3 is 0 Å². The van der Waals surface area contributed by atoms with Gasteiger partial charge in [-0.15, -0.1) is 0 Å². The van der Waals surface area contributed by atoms with Gasteiger partial charge in [0.1, 0.15) is 5.15 Å². The van der Waals surface area contributed by atoms with Crippen LogP contribution >= 0.6 is 23.2 Å². The zero-order valence-corrected chi connectivity index (χ0v) is 9.33. The Morgan fingerprint density at radius 1 is 1.00 bits per heavy atom. The van der Waals surface area contributed by atoms with Gasteiger partial charge in [-0.1, -0.05) is 29.3 Å². The Balaban J connectivity index is 2.18. The number of aromatic nitrogens is 2. The maximum Gasteiger partial charge on any atom is 0.129 e. The molecule has 0 fully saturated rings. The van der Waals surface area contributed by atoms with E-state index in [2.05, 4.69) is 9.97 Å². The minimum atomic E-state index is 0.503. The van der Waals surface area contributed by atoms with Crippen LogP contribution in [0, 0.1) is 0 Å². The molecule has 0 atom stereocenters. The van der Waals surface area contributed by atoms with E-state index in [9.17, 15) is 0 Å². The van der Waals surface area contributed by atoms with Gasteiger partial charge in [0.05, 0.1) is 5.02 Å². The van der Waals surface area contributed by atoms with E-state index in [1.807, 2.05) is 12.1 Å². The summed E-state index contributed by atoms with van der Waals surface area (Å²) in [6.45, 7) is 0. The van der Waals surface area contributed by atoms with Gasteiger partial charge in [-0.05, 0) is 23.3 Å². The molecule has 0 spiro atoms. The second-order valence-electron chi connectivity index (χ2n) is 3.18. The third kappa shape index (κ3) is 2.91. The lowest BCUT2D eigenvalue weighted by molar-refractivity contribution is 1.12. The SMILES string of the molecule is Clc1cncc(Cc2ccc(Cl)nc2)c1. The van der Waals surface area contributed by atoms with Crippen molar-refractivity contribution in [2.75, 3.05) is 0 Å². The topological polar surface area (TPSA) is 25.8 Å². The van der Waals surface area contributed by atoms with Crippen molar-refractivity contribution < 1.29 is 0 Å². The van der Waals surface area contributed by atoms with Crippen LogP contribution in [-0.4, -0.2) is 9.97 Å².